The highest BCUT2D eigenvalue weighted by Gasteiger charge is 2.25. The molecule has 5 rings (SSSR count). The Balaban J connectivity index is 1.45. The van der Waals surface area contributed by atoms with Crippen LogP contribution < -0.4 is 5.32 Å². The Morgan fingerprint density at radius 1 is 1.20 bits per heavy atom. The van der Waals surface area contributed by atoms with Crippen molar-refractivity contribution in [3.8, 4) is 22.5 Å². The van der Waals surface area contributed by atoms with E-state index in [0.717, 1.165) is 17.0 Å². The minimum Gasteiger partial charge on any atom is -0.343 e. The lowest BCUT2D eigenvalue weighted by atomic mass is 9.96. The SMILES string of the molecule is Cc1nn(C(C)C)c(C)c1-c1nc2nccc(-c3ccc(CNC(=O)c4nc(C(C)(C)C)no4)c([N+](=O)[O-])c3)c2[nH]1. The maximum absolute atomic E-state index is 12.6. The van der Waals surface area contributed by atoms with E-state index in [1.807, 2.05) is 39.3 Å². The van der Waals surface area contributed by atoms with Gasteiger partial charge in [-0.2, -0.15) is 10.1 Å². The molecular weight excluding hydrogens is 526 g/mol. The predicted octanol–water partition coefficient (Wildman–Crippen LogP) is 5.20. The van der Waals surface area contributed by atoms with Crippen molar-refractivity contribution in [1.29, 1.82) is 0 Å². The Hall–Kier alpha value is -4.94. The van der Waals surface area contributed by atoms with Gasteiger partial charge in [0.05, 0.1) is 28.2 Å². The first-order valence-electron chi connectivity index (χ1n) is 13.2. The van der Waals surface area contributed by atoms with E-state index in [-0.39, 0.29) is 24.2 Å². The Morgan fingerprint density at radius 2 is 1.95 bits per heavy atom. The monoisotopic (exact) mass is 557 g/mol. The molecule has 1 aromatic carbocycles. The number of nitrogens with zero attached hydrogens (tertiary/aromatic N) is 7. The summed E-state index contributed by atoms with van der Waals surface area (Å²) in [4.78, 5) is 40.8. The number of H-pyrrole nitrogens is 1. The first-order valence-corrected chi connectivity index (χ1v) is 13.2. The number of nitro groups is 1. The lowest BCUT2D eigenvalue weighted by Crippen LogP contribution is -2.24. The van der Waals surface area contributed by atoms with Gasteiger partial charge in [0.1, 0.15) is 5.82 Å². The molecule has 13 nitrogen and oxygen atoms in total. The molecule has 0 spiro atoms. The van der Waals surface area contributed by atoms with Crippen molar-refractivity contribution in [2.24, 2.45) is 0 Å². The lowest BCUT2D eigenvalue weighted by molar-refractivity contribution is -0.385. The number of amides is 1. The number of carbonyl (C=O) groups excluding carboxylic acids is 1. The molecule has 0 aliphatic carbocycles. The quantitative estimate of drug-likeness (QED) is 0.201. The first kappa shape index (κ1) is 27.6. The average Bonchev–Trinajstić information content (AvgIpc) is 3.63. The van der Waals surface area contributed by atoms with Crippen LogP contribution in [0.3, 0.4) is 0 Å². The number of hydrogen-bond donors (Lipinski definition) is 2. The highest BCUT2D eigenvalue weighted by Crippen LogP contribution is 2.34. The third-order valence-corrected chi connectivity index (χ3v) is 6.77. The second-order valence-electron chi connectivity index (χ2n) is 11.2. The average molecular weight is 558 g/mol. The van der Waals surface area contributed by atoms with Crippen molar-refractivity contribution < 1.29 is 14.2 Å². The number of hydrogen-bond acceptors (Lipinski definition) is 9. The highest BCUT2D eigenvalue weighted by atomic mass is 16.6. The van der Waals surface area contributed by atoms with E-state index >= 15 is 0 Å². The maximum atomic E-state index is 12.6. The van der Waals surface area contributed by atoms with Gasteiger partial charge in [0, 0.05) is 40.5 Å². The normalized spacial score (nSPS) is 11.9. The highest BCUT2D eigenvalue weighted by molar-refractivity contribution is 5.92. The number of fused-ring (bicyclic) bond motifs is 1. The van der Waals surface area contributed by atoms with Gasteiger partial charge in [-0.25, -0.2) is 9.97 Å². The molecule has 1 amide bonds. The van der Waals surface area contributed by atoms with Crippen molar-refractivity contribution in [3.05, 3.63) is 69.2 Å². The van der Waals surface area contributed by atoms with E-state index < -0.39 is 16.2 Å². The Morgan fingerprint density at radius 3 is 2.59 bits per heavy atom. The number of aromatic nitrogens is 7. The second-order valence-corrected chi connectivity index (χ2v) is 11.2. The number of pyridine rings is 1. The van der Waals surface area contributed by atoms with Crippen LogP contribution in [0.2, 0.25) is 0 Å². The minimum atomic E-state index is -0.612. The number of aryl methyl sites for hydroxylation is 1. The van der Waals surface area contributed by atoms with Crippen molar-refractivity contribution in [2.45, 2.75) is 66.5 Å². The molecule has 5 aromatic rings. The number of carbonyl (C=O) groups is 1. The molecule has 0 radical (unpaired) electrons. The van der Waals surface area contributed by atoms with Gasteiger partial charge >= 0.3 is 11.8 Å². The zero-order valence-electron chi connectivity index (χ0n) is 23.9. The van der Waals surface area contributed by atoms with Gasteiger partial charge in [-0.3, -0.25) is 19.6 Å². The summed E-state index contributed by atoms with van der Waals surface area (Å²) in [5.74, 6) is 0.209. The molecular formula is C28H31N9O4. The predicted molar refractivity (Wildman–Crippen MR) is 151 cm³/mol. The molecule has 0 aliphatic rings. The van der Waals surface area contributed by atoms with Crippen molar-refractivity contribution >= 4 is 22.8 Å². The summed E-state index contributed by atoms with van der Waals surface area (Å²) in [5.41, 5.74) is 4.97. The number of rotatable bonds is 7. The standard InChI is InChI=1S/C28H31N9O4/c1-14(2)36-16(4)21(15(3)34-36)23-31-22-19(10-11-29-24(22)32-23)17-8-9-18(20(12-17)37(39)40)13-30-25(38)26-33-27(35-41-26)28(5,6)7/h8-12,14H,13H2,1-7H3,(H,30,38)(H,29,31,32). The van der Waals surface area contributed by atoms with Crippen molar-refractivity contribution in [3.63, 3.8) is 0 Å². The largest absolute Gasteiger partial charge is 0.343 e. The van der Waals surface area contributed by atoms with E-state index in [9.17, 15) is 14.9 Å². The molecule has 0 fully saturated rings. The number of imidazole rings is 1. The second kappa shape index (κ2) is 10.2. The number of nitro benzene ring substituents is 1. The van der Waals surface area contributed by atoms with Crippen LogP contribution in [0.5, 0.6) is 0 Å². The van der Waals surface area contributed by atoms with E-state index in [1.165, 1.54) is 6.07 Å². The molecule has 4 aromatic heterocycles. The molecule has 4 heterocycles. The summed E-state index contributed by atoms with van der Waals surface area (Å²) < 4.78 is 7.02. The third kappa shape index (κ3) is 5.17. The summed E-state index contributed by atoms with van der Waals surface area (Å²) in [6.45, 7) is 13.7. The van der Waals surface area contributed by atoms with Crippen LogP contribution in [0.25, 0.3) is 33.7 Å². The summed E-state index contributed by atoms with van der Waals surface area (Å²) in [5, 5.41) is 23.2. The van der Waals surface area contributed by atoms with Gasteiger partial charge in [0.2, 0.25) is 0 Å². The van der Waals surface area contributed by atoms with Gasteiger partial charge < -0.3 is 14.8 Å². The van der Waals surface area contributed by atoms with Gasteiger partial charge in [-0.15, -0.1) is 0 Å². The minimum absolute atomic E-state index is 0.0962. The van der Waals surface area contributed by atoms with Crippen LogP contribution in [0.4, 0.5) is 5.69 Å². The van der Waals surface area contributed by atoms with Gasteiger partial charge in [-0.1, -0.05) is 32.0 Å². The maximum Gasteiger partial charge on any atom is 0.315 e. The van der Waals surface area contributed by atoms with Crippen LogP contribution in [0.1, 0.15) is 74.1 Å². The molecule has 0 bridgehead atoms. The van der Waals surface area contributed by atoms with E-state index in [2.05, 4.69) is 44.4 Å². The molecule has 0 aliphatic heterocycles. The fourth-order valence-electron chi connectivity index (χ4n) is 4.70. The Bertz CT molecular complexity index is 1790. The van der Waals surface area contributed by atoms with Crippen LogP contribution in [-0.2, 0) is 12.0 Å². The third-order valence-electron chi connectivity index (χ3n) is 6.77. The molecule has 0 atom stereocenters. The first-order chi connectivity index (χ1) is 19.3. The van der Waals surface area contributed by atoms with Gasteiger partial charge in [-0.05, 0) is 45.4 Å². The van der Waals surface area contributed by atoms with Crippen LogP contribution in [0.15, 0.2) is 35.0 Å². The zero-order valence-corrected chi connectivity index (χ0v) is 23.9. The fourth-order valence-corrected chi connectivity index (χ4v) is 4.70. The van der Waals surface area contributed by atoms with E-state index in [1.54, 1.807) is 24.4 Å². The molecule has 13 heteroatoms. The Labute approximate surface area is 235 Å². The molecule has 0 unspecified atom stereocenters. The van der Waals surface area contributed by atoms with Crippen LogP contribution in [0, 0.1) is 24.0 Å². The molecule has 0 saturated carbocycles. The fraction of sp³-hybridized carbons (Fsp3) is 0.357. The van der Waals surface area contributed by atoms with Crippen LogP contribution >= 0.6 is 0 Å². The summed E-state index contributed by atoms with van der Waals surface area (Å²) in [6, 6.07) is 6.84. The Kier molecular flexibility index (Phi) is 6.89. The van der Waals surface area contributed by atoms with Gasteiger partial charge in [0.15, 0.2) is 11.5 Å². The summed E-state index contributed by atoms with van der Waals surface area (Å²) >= 11 is 0. The molecule has 2 N–H and O–H groups in total. The zero-order chi connectivity index (χ0) is 29.6. The summed E-state index contributed by atoms with van der Waals surface area (Å²) in [6.07, 6.45) is 1.62. The van der Waals surface area contributed by atoms with E-state index in [4.69, 9.17) is 9.51 Å². The lowest BCUT2D eigenvalue weighted by Gasteiger charge is -2.10. The number of benzene rings is 1. The van der Waals surface area contributed by atoms with Crippen molar-refractivity contribution in [2.75, 3.05) is 0 Å². The van der Waals surface area contributed by atoms with Crippen LogP contribution in [-0.4, -0.2) is 45.7 Å². The number of nitrogens with one attached hydrogen (secondary N) is 2. The summed E-state index contributed by atoms with van der Waals surface area (Å²) in [7, 11) is 0. The molecule has 0 saturated heterocycles. The van der Waals surface area contributed by atoms with Crippen molar-refractivity contribution in [1.82, 2.24) is 40.2 Å². The molecule has 212 valence electrons. The van der Waals surface area contributed by atoms with E-state index in [0.29, 0.717) is 39.5 Å². The number of aromatic amines is 1. The van der Waals surface area contributed by atoms with Gasteiger partial charge in [0.25, 0.3) is 5.69 Å². The topological polar surface area (TPSA) is 171 Å². The molecule has 41 heavy (non-hydrogen) atoms. The smallest absolute Gasteiger partial charge is 0.315 e.